The summed E-state index contributed by atoms with van der Waals surface area (Å²) < 4.78 is 9.62. The number of ether oxygens (including phenoxy) is 1. The number of phenolic OH excluding ortho intramolecular Hbond substituents is 1. The number of azo groups is 1. The lowest BCUT2D eigenvalue weighted by molar-refractivity contribution is -0.133. The number of carbonyl (C=O) groups is 1. The van der Waals surface area contributed by atoms with Gasteiger partial charge >= 0.3 is 11.9 Å². The van der Waals surface area contributed by atoms with E-state index in [-0.39, 0.29) is 17.5 Å². The molecular weight excluding hydrogens is 396 g/mol. The van der Waals surface area contributed by atoms with E-state index in [1.807, 2.05) is 6.07 Å². The Morgan fingerprint density at radius 3 is 2.29 bits per heavy atom. The number of esters is 1. The number of anilines is 1. The van der Waals surface area contributed by atoms with Crippen molar-refractivity contribution in [3.8, 4) is 11.7 Å². The van der Waals surface area contributed by atoms with E-state index in [1.54, 1.807) is 12.1 Å². The average molecular weight is 431 g/mol. The number of phenols is 1. The Labute approximate surface area is 184 Å². The minimum atomic E-state index is -0.512. The van der Waals surface area contributed by atoms with Crippen LogP contribution in [0.15, 0.2) is 39.0 Å². The molecule has 1 heterocycles. The van der Waals surface area contributed by atoms with Gasteiger partial charge in [-0.3, -0.25) is 4.79 Å². The molecule has 1 N–H and O–H groups in total. The number of benzene rings is 1. The van der Waals surface area contributed by atoms with E-state index >= 15 is 0 Å². The lowest BCUT2D eigenvalue weighted by Gasteiger charge is -2.25. The van der Waals surface area contributed by atoms with Crippen LogP contribution in [-0.4, -0.2) is 29.3 Å². The summed E-state index contributed by atoms with van der Waals surface area (Å²) in [5.41, 5.74) is 1.32. The van der Waals surface area contributed by atoms with Crippen LogP contribution in [0.4, 0.5) is 17.2 Å². The van der Waals surface area contributed by atoms with Crippen LogP contribution in [0.1, 0.15) is 72.1 Å². The molecule has 170 valence electrons. The molecule has 0 aliphatic heterocycles. The van der Waals surface area contributed by atoms with Gasteiger partial charge in [0.25, 0.3) is 0 Å². The molecule has 0 aliphatic rings. The van der Waals surface area contributed by atoms with Crippen LogP contribution in [0, 0.1) is 0 Å². The monoisotopic (exact) mass is 430 g/mol. The molecule has 0 spiro atoms. The first-order valence-electron chi connectivity index (χ1n) is 11.2. The first kappa shape index (κ1) is 24.4. The first-order chi connectivity index (χ1) is 15.0. The summed E-state index contributed by atoms with van der Waals surface area (Å²) in [7, 11) is 0. The van der Waals surface area contributed by atoms with Crippen molar-refractivity contribution >= 4 is 23.2 Å². The van der Waals surface area contributed by atoms with E-state index in [9.17, 15) is 9.90 Å². The highest BCUT2D eigenvalue weighted by atomic mass is 16.6. The van der Waals surface area contributed by atoms with Crippen molar-refractivity contribution in [1.29, 1.82) is 0 Å². The van der Waals surface area contributed by atoms with Crippen LogP contribution >= 0.6 is 0 Å². The lowest BCUT2D eigenvalue weighted by Crippen LogP contribution is -2.25. The average Bonchev–Trinajstić information content (AvgIpc) is 3.18. The maximum Gasteiger partial charge on any atom is 0.321 e. The van der Waals surface area contributed by atoms with Crippen molar-refractivity contribution in [3.63, 3.8) is 0 Å². The maximum absolute atomic E-state index is 10.9. The summed E-state index contributed by atoms with van der Waals surface area (Å²) >= 11 is 0. The summed E-state index contributed by atoms with van der Waals surface area (Å²) in [6.45, 7) is 7.64. The molecule has 0 saturated heterocycles. The summed E-state index contributed by atoms with van der Waals surface area (Å²) in [6.07, 6.45) is 9.63. The molecule has 2 aromatic rings. The van der Waals surface area contributed by atoms with Crippen molar-refractivity contribution in [2.24, 2.45) is 10.2 Å². The largest absolute Gasteiger partial charge is 0.506 e. The maximum atomic E-state index is 10.9. The molecule has 8 nitrogen and oxygen atoms in total. The van der Waals surface area contributed by atoms with E-state index in [0.29, 0.717) is 5.69 Å². The van der Waals surface area contributed by atoms with Crippen LogP contribution in [0.25, 0.3) is 0 Å². The van der Waals surface area contributed by atoms with Crippen molar-refractivity contribution in [2.45, 2.75) is 72.1 Å². The molecule has 1 aromatic carbocycles. The summed E-state index contributed by atoms with van der Waals surface area (Å²) in [5, 5.41) is 22.1. The Morgan fingerprint density at radius 2 is 1.71 bits per heavy atom. The second-order valence-electron chi connectivity index (χ2n) is 7.58. The van der Waals surface area contributed by atoms with E-state index in [2.05, 4.69) is 34.1 Å². The van der Waals surface area contributed by atoms with Gasteiger partial charge in [0.05, 0.1) is 6.07 Å². The third-order valence-corrected chi connectivity index (χ3v) is 4.87. The molecule has 8 heteroatoms. The van der Waals surface area contributed by atoms with Crippen LogP contribution in [0.2, 0.25) is 0 Å². The zero-order valence-corrected chi connectivity index (χ0v) is 18.8. The van der Waals surface area contributed by atoms with E-state index in [4.69, 9.17) is 9.26 Å². The van der Waals surface area contributed by atoms with Crippen LogP contribution < -0.4 is 9.64 Å². The number of hydrogen-bond donors (Lipinski definition) is 1. The fraction of sp³-hybridized carbons (Fsp3) is 0.565. The Balaban J connectivity index is 2.04. The standard InChI is InChI=1S/C23H34N4O4/c1-4-6-8-10-14-27(15-11-9-7-5-2)19-12-13-20(21(29)16-19)24-25-22-17-23(31-26-22)30-18(3)28/h12-13,16-17,29H,4-11,14-15H2,1-3H3. The molecule has 0 unspecified atom stereocenters. The third kappa shape index (κ3) is 8.78. The Kier molecular flexibility index (Phi) is 10.5. The summed E-state index contributed by atoms with van der Waals surface area (Å²) in [4.78, 5) is 13.3. The van der Waals surface area contributed by atoms with E-state index in [0.717, 1.165) is 31.6 Å². The fourth-order valence-electron chi connectivity index (χ4n) is 3.21. The van der Waals surface area contributed by atoms with Gasteiger partial charge in [0.15, 0.2) is 0 Å². The zero-order valence-electron chi connectivity index (χ0n) is 18.8. The van der Waals surface area contributed by atoms with Crippen LogP contribution in [0.5, 0.6) is 11.7 Å². The fourth-order valence-corrected chi connectivity index (χ4v) is 3.21. The number of aromatic hydroxyl groups is 1. The molecule has 0 radical (unpaired) electrons. The molecule has 0 aliphatic carbocycles. The molecule has 0 saturated carbocycles. The second-order valence-corrected chi connectivity index (χ2v) is 7.58. The molecule has 0 bridgehead atoms. The van der Waals surface area contributed by atoms with E-state index < -0.39 is 5.97 Å². The minimum Gasteiger partial charge on any atom is -0.506 e. The summed E-state index contributed by atoms with van der Waals surface area (Å²) in [5.74, 6) is -0.366. The first-order valence-corrected chi connectivity index (χ1v) is 11.2. The number of unbranched alkanes of at least 4 members (excludes halogenated alkanes) is 6. The SMILES string of the molecule is CCCCCCN(CCCCCC)c1ccc(N=Nc2cc(OC(C)=O)on2)c(O)c1. The predicted molar refractivity (Wildman–Crippen MR) is 121 cm³/mol. The smallest absolute Gasteiger partial charge is 0.321 e. The minimum absolute atomic E-state index is 0.0528. The zero-order chi connectivity index (χ0) is 22.5. The molecule has 0 atom stereocenters. The van der Waals surface area contributed by atoms with Crippen LogP contribution in [0.3, 0.4) is 0 Å². The Bertz CT molecular complexity index is 823. The van der Waals surface area contributed by atoms with Gasteiger partial charge in [0, 0.05) is 31.8 Å². The van der Waals surface area contributed by atoms with Gasteiger partial charge in [-0.15, -0.1) is 10.2 Å². The topological polar surface area (TPSA) is 101 Å². The highest BCUT2D eigenvalue weighted by Gasteiger charge is 2.11. The second kappa shape index (κ2) is 13.4. The molecule has 2 rings (SSSR count). The number of hydrogen-bond acceptors (Lipinski definition) is 8. The lowest BCUT2D eigenvalue weighted by atomic mass is 10.1. The van der Waals surface area contributed by atoms with Gasteiger partial charge in [-0.05, 0) is 25.0 Å². The third-order valence-electron chi connectivity index (χ3n) is 4.87. The quantitative estimate of drug-likeness (QED) is 0.204. The number of nitrogens with zero attached hydrogens (tertiary/aromatic N) is 4. The van der Waals surface area contributed by atoms with Crippen molar-refractivity contribution < 1.29 is 19.2 Å². The Morgan fingerprint density at radius 1 is 1.03 bits per heavy atom. The molecular formula is C23H34N4O4. The number of carbonyl (C=O) groups excluding carboxylic acids is 1. The molecule has 1 aromatic heterocycles. The summed E-state index contributed by atoms with van der Waals surface area (Å²) in [6, 6.07) is 6.79. The van der Waals surface area contributed by atoms with Gasteiger partial charge < -0.3 is 19.3 Å². The van der Waals surface area contributed by atoms with Gasteiger partial charge in [-0.1, -0.05) is 57.5 Å². The predicted octanol–water partition coefficient (Wildman–Crippen LogP) is 6.69. The van der Waals surface area contributed by atoms with Gasteiger partial charge in [0.1, 0.15) is 11.4 Å². The highest BCUT2D eigenvalue weighted by Crippen LogP contribution is 2.33. The Hall–Kier alpha value is -2.90. The van der Waals surface area contributed by atoms with Gasteiger partial charge in [-0.2, -0.15) is 0 Å². The molecule has 0 amide bonds. The van der Waals surface area contributed by atoms with Crippen molar-refractivity contribution in [2.75, 3.05) is 18.0 Å². The number of aromatic nitrogens is 1. The normalized spacial score (nSPS) is 11.2. The highest BCUT2D eigenvalue weighted by molar-refractivity contribution is 5.68. The van der Waals surface area contributed by atoms with Crippen molar-refractivity contribution in [1.82, 2.24) is 5.16 Å². The molecule has 0 fully saturated rings. The van der Waals surface area contributed by atoms with E-state index in [1.165, 1.54) is 51.5 Å². The van der Waals surface area contributed by atoms with Gasteiger partial charge in [0.2, 0.25) is 5.82 Å². The van der Waals surface area contributed by atoms with Gasteiger partial charge in [-0.25, -0.2) is 0 Å². The molecule has 31 heavy (non-hydrogen) atoms. The van der Waals surface area contributed by atoms with Crippen LogP contribution in [-0.2, 0) is 4.79 Å². The van der Waals surface area contributed by atoms with Crippen molar-refractivity contribution in [3.05, 3.63) is 24.3 Å². The number of rotatable bonds is 14.